The summed E-state index contributed by atoms with van der Waals surface area (Å²) in [6.45, 7) is 0. The van der Waals surface area contributed by atoms with Crippen molar-refractivity contribution in [2.75, 3.05) is 17.7 Å². The van der Waals surface area contributed by atoms with Gasteiger partial charge in [-0.15, -0.1) is 0 Å². The predicted octanol–water partition coefficient (Wildman–Crippen LogP) is 3.84. The number of carbonyl (C=O) groups excluding carboxylic acids is 2. The lowest BCUT2D eigenvalue weighted by molar-refractivity contribution is -0.125. The number of benzene rings is 2. The molecule has 2 heterocycles. The number of hydrogen-bond acceptors (Lipinski definition) is 4. The van der Waals surface area contributed by atoms with Gasteiger partial charge in [-0.1, -0.05) is 28.1 Å². The summed E-state index contributed by atoms with van der Waals surface area (Å²) >= 11 is 3.36. The lowest BCUT2D eigenvalue weighted by Gasteiger charge is -2.24. The van der Waals surface area contributed by atoms with Crippen LogP contribution < -0.4 is 15.4 Å². The average Bonchev–Trinajstić information content (AvgIpc) is 3.12. The second kappa shape index (κ2) is 7.47. The predicted molar refractivity (Wildman–Crippen MR) is 109 cm³/mol. The third-order valence-electron chi connectivity index (χ3n) is 4.54. The van der Waals surface area contributed by atoms with Gasteiger partial charge in [0.05, 0.1) is 19.7 Å². The number of carbonyl (C=O) groups is 2. The standard InChI is InChI=1S/C20H17BrN4O3/c1-28-15-8-2-12(3-9-15)16-11-22-25-17(10-18(26)24-19(16)25)20(27)23-14-6-4-13(21)5-7-14/h2-9,11,17H,10H2,1H3,(H,23,27)(H,24,26)/t17-/m1/s1. The second-order valence-corrected chi connectivity index (χ2v) is 7.26. The number of anilines is 2. The summed E-state index contributed by atoms with van der Waals surface area (Å²) in [4.78, 5) is 25.1. The van der Waals surface area contributed by atoms with Crippen molar-refractivity contribution in [2.45, 2.75) is 12.5 Å². The highest BCUT2D eigenvalue weighted by Gasteiger charge is 2.33. The molecule has 1 aromatic heterocycles. The van der Waals surface area contributed by atoms with Crippen molar-refractivity contribution in [3.63, 3.8) is 0 Å². The molecule has 0 fully saturated rings. The molecule has 1 atom stereocenters. The van der Waals surface area contributed by atoms with Crippen LogP contribution in [0.15, 0.2) is 59.2 Å². The molecule has 3 aromatic rings. The fraction of sp³-hybridized carbons (Fsp3) is 0.150. The number of fused-ring (bicyclic) bond motifs is 1. The third-order valence-corrected chi connectivity index (χ3v) is 5.07. The van der Waals surface area contributed by atoms with Crippen molar-refractivity contribution < 1.29 is 14.3 Å². The van der Waals surface area contributed by atoms with Crippen LogP contribution in [-0.2, 0) is 9.59 Å². The van der Waals surface area contributed by atoms with E-state index >= 15 is 0 Å². The Balaban J connectivity index is 1.63. The van der Waals surface area contributed by atoms with E-state index in [9.17, 15) is 9.59 Å². The maximum atomic E-state index is 12.8. The average molecular weight is 441 g/mol. The van der Waals surface area contributed by atoms with Crippen molar-refractivity contribution in [3.8, 4) is 16.9 Å². The van der Waals surface area contributed by atoms with Gasteiger partial charge in [-0.25, -0.2) is 4.68 Å². The number of nitrogens with one attached hydrogen (secondary N) is 2. The zero-order valence-corrected chi connectivity index (χ0v) is 16.6. The summed E-state index contributed by atoms with van der Waals surface area (Å²) < 4.78 is 7.66. The first-order valence-corrected chi connectivity index (χ1v) is 9.42. The quantitative estimate of drug-likeness (QED) is 0.645. The number of aromatic nitrogens is 2. The Bertz CT molecular complexity index is 1030. The second-order valence-electron chi connectivity index (χ2n) is 6.34. The Hall–Kier alpha value is -3.13. The monoisotopic (exact) mass is 440 g/mol. The summed E-state index contributed by atoms with van der Waals surface area (Å²) in [6, 6.07) is 14.0. The molecule has 0 saturated carbocycles. The van der Waals surface area contributed by atoms with E-state index in [2.05, 4.69) is 31.7 Å². The maximum absolute atomic E-state index is 12.8. The molecule has 1 aliphatic heterocycles. The molecule has 7 nitrogen and oxygen atoms in total. The van der Waals surface area contributed by atoms with Crippen molar-refractivity contribution in [3.05, 3.63) is 59.2 Å². The molecule has 2 N–H and O–H groups in total. The molecular formula is C20H17BrN4O3. The fourth-order valence-corrected chi connectivity index (χ4v) is 3.38. The number of ether oxygens (including phenoxy) is 1. The van der Waals surface area contributed by atoms with Gasteiger partial charge < -0.3 is 15.4 Å². The number of halogens is 1. The third kappa shape index (κ3) is 3.50. The summed E-state index contributed by atoms with van der Waals surface area (Å²) in [6.07, 6.45) is 1.68. The molecule has 0 unspecified atom stereocenters. The Morgan fingerprint density at radius 2 is 1.93 bits per heavy atom. The van der Waals surface area contributed by atoms with Crippen LogP contribution in [0.2, 0.25) is 0 Å². The van der Waals surface area contributed by atoms with E-state index in [0.717, 1.165) is 21.3 Å². The van der Waals surface area contributed by atoms with Gasteiger partial charge in [0.1, 0.15) is 17.6 Å². The highest BCUT2D eigenvalue weighted by molar-refractivity contribution is 9.10. The van der Waals surface area contributed by atoms with Gasteiger partial charge in [0.25, 0.3) is 0 Å². The summed E-state index contributed by atoms with van der Waals surface area (Å²) in [5, 5.41) is 10.1. The van der Waals surface area contributed by atoms with Crippen molar-refractivity contribution >= 4 is 39.2 Å². The number of hydrogen-bond donors (Lipinski definition) is 2. The molecule has 8 heteroatoms. The zero-order valence-electron chi connectivity index (χ0n) is 15.0. The zero-order chi connectivity index (χ0) is 19.7. The van der Waals surface area contributed by atoms with Crippen LogP contribution in [0.1, 0.15) is 12.5 Å². The molecule has 142 valence electrons. The first-order chi connectivity index (χ1) is 13.5. The first kappa shape index (κ1) is 18.2. The van der Waals surface area contributed by atoms with E-state index in [-0.39, 0.29) is 18.2 Å². The van der Waals surface area contributed by atoms with Crippen LogP contribution in [-0.4, -0.2) is 28.7 Å². The maximum Gasteiger partial charge on any atom is 0.249 e. The van der Waals surface area contributed by atoms with Crippen LogP contribution in [0.5, 0.6) is 5.75 Å². The molecule has 4 rings (SSSR count). The van der Waals surface area contributed by atoms with Gasteiger partial charge in [0, 0.05) is 15.7 Å². The highest BCUT2D eigenvalue weighted by Crippen LogP contribution is 2.35. The summed E-state index contributed by atoms with van der Waals surface area (Å²) in [7, 11) is 1.60. The van der Waals surface area contributed by atoms with Gasteiger partial charge in [0.2, 0.25) is 11.8 Å². The van der Waals surface area contributed by atoms with E-state index < -0.39 is 6.04 Å². The Morgan fingerprint density at radius 1 is 1.21 bits per heavy atom. The van der Waals surface area contributed by atoms with Crippen LogP contribution in [0.25, 0.3) is 11.1 Å². The minimum absolute atomic E-state index is 0.0269. The number of methoxy groups -OCH3 is 1. The van der Waals surface area contributed by atoms with Crippen molar-refractivity contribution in [2.24, 2.45) is 0 Å². The van der Waals surface area contributed by atoms with E-state index in [1.165, 1.54) is 0 Å². The Kier molecular flexibility index (Phi) is 4.87. The topological polar surface area (TPSA) is 85.2 Å². The number of amides is 2. The van der Waals surface area contributed by atoms with Gasteiger partial charge in [-0.3, -0.25) is 9.59 Å². The van der Waals surface area contributed by atoms with E-state index in [1.54, 1.807) is 30.1 Å². The first-order valence-electron chi connectivity index (χ1n) is 8.63. The van der Waals surface area contributed by atoms with E-state index in [0.29, 0.717) is 11.5 Å². The smallest absolute Gasteiger partial charge is 0.249 e. The fourth-order valence-electron chi connectivity index (χ4n) is 3.11. The molecule has 0 saturated heterocycles. The van der Waals surface area contributed by atoms with Crippen LogP contribution in [0.3, 0.4) is 0 Å². The van der Waals surface area contributed by atoms with E-state index in [1.807, 2.05) is 36.4 Å². The normalized spacial score (nSPS) is 15.5. The van der Waals surface area contributed by atoms with Crippen LogP contribution in [0, 0.1) is 0 Å². The minimum atomic E-state index is -0.723. The number of nitrogens with zero attached hydrogens (tertiary/aromatic N) is 2. The van der Waals surface area contributed by atoms with Crippen LogP contribution >= 0.6 is 15.9 Å². The molecule has 2 aromatic carbocycles. The van der Waals surface area contributed by atoms with Crippen molar-refractivity contribution in [1.82, 2.24) is 9.78 Å². The summed E-state index contributed by atoms with van der Waals surface area (Å²) in [5.74, 6) is 0.736. The molecular weight excluding hydrogens is 424 g/mol. The largest absolute Gasteiger partial charge is 0.497 e. The molecule has 0 radical (unpaired) electrons. The Morgan fingerprint density at radius 3 is 2.61 bits per heavy atom. The van der Waals surface area contributed by atoms with Crippen molar-refractivity contribution in [1.29, 1.82) is 0 Å². The molecule has 28 heavy (non-hydrogen) atoms. The molecule has 1 aliphatic rings. The van der Waals surface area contributed by atoms with Gasteiger partial charge >= 0.3 is 0 Å². The highest BCUT2D eigenvalue weighted by atomic mass is 79.9. The molecule has 0 spiro atoms. The Labute approximate surface area is 169 Å². The van der Waals surface area contributed by atoms with E-state index in [4.69, 9.17) is 4.74 Å². The number of rotatable bonds is 4. The lowest BCUT2D eigenvalue weighted by atomic mass is 10.1. The van der Waals surface area contributed by atoms with Crippen LogP contribution in [0.4, 0.5) is 11.5 Å². The SMILES string of the molecule is COc1ccc(-c2cnn3c2NC(=O)C[C@@H]3C(=O)Nc2ccc(Br)cc2)cc1. The van der Waals surface area contributed by atoms with Gasteiger partial charge in [0.15, 0.2) is 0 Å². The lowest BCUT2D eigenvalue weighted by Crippen LogP contribution is -2.35. The molecule has 0 bridgehead atoms. The molecule has 2 amide bonds. The summed E-state index contributed by atoms with van der Waals surface area (Å²) in [5.41, 5.74) is 2.27. The van der Waals surface area contributed by atoms with Gasteiger partial charge in [-0.2, -0.15) is 5.10 Å². The minimum Gasteiger partial charge on any atom is -0.497 e. The van der Waals surface area contributed by atoms with Gasteiger partial charge in [-0.05, 0) is 42.0 Å². The molecule has 0 aliphatic carbocycles.